The first kappa shape index (κ1) is 14.5. The predicted molar refractivity (Wildman–Crippen MR) is 60.8 cm³/mol. The van der Waals surface area contributed by atoms with Crippen molar-refractivity contribution in [2.75, 3.05) is 0 Å². The van der Waals surface area contributed by atoms with Crippen molar-refractivity contribution < 1.29 is 18.0 Å². The third-order valence-electron chi connectivity index (χ3n) is 2.31. The molecule has 0 saturated heterocycles. The Bertz CT molecular complexity index is 379. The van der Waals surface area contributed by atoms with Gasteiger partial charge in [0.25, 0.3) is 0 Å². The number of amides is 1. The van der Waals surface area contributed by atoms with Crippen LogP contribution in [-0.4, -0.2) is 23.1 Å². The lowest BCUT2D eigenvalue weighted by Crippen LogP contribution is -2.34. The van der Waals surface area contributed by atoms with Crippen LogP contribution >= 0.6 is 0 Å². The van der Waals surface area contributed by atoms with Crippen molar-refractivity contribution in [3.05, 3.63) is 30.1 Å². The molecular weight excluding hydrogens is 245 g/mol. The van der Waals surface area contributed by atoms with Crippen LogP contribution in [0.5, 0.6) is 0 Å². The number of rotatable bonds is 5. The molecule has 0 saturated carbocycles. The second kappa shape index (κ2) is 6.37. The van der Waals surface area contributed by atoms with E-state index in [2.05, 4.69) is 10.3 Å². The van der Waals surface area contributed by atoms with E-state index in [0.29, 0.717) is 6.42 Å². The average molecular weight is 260 g/mol. The van der Waals surface area contributed by atoms with Crippen LogP contribution in [0.2, 0.25) is 0 Å². The molecule has 3 nitrogen and oxygen atoms in total. The quantitative estimate of drug-likeness (QED) is 0.883. The Morgan fingerprint density at radius 3 is 2.78 bits per heavy atom. The Morgan fingerprint density at radius 2 is 2.22 bits per heavy atom. The van der Waals surface area contributed by atoms with Crippen molar-refractivity contribution >= 4 is 5.91 Å². The molecule has 0 fully saturated rings. The van der Waals surface area contributed by atoms with Crippen molar-refractivity contribution in [1.29, 1.82) is 0 Å². The number of alkyl halides is 3. The van der Waals surface area contributed by atoms with E-state index >= 15 is 0 Å². The van der Waals surface area contributed by atoms with Crippen molar-refractivity contribution in [2.24, 2.45) is 0 Å². The summed E-state index contributed by atoms with van der Waals surface area (Å²) in [6.45, 7) is 1.75. The summed E-state index contributed by atoms with van der Waals surface area (Å²) >= 11 is 0. The Hall–Kier alpha value is -1.59. The van der Waals surface area contributed by atoms with Crippen molar-refractivity contribution in [1.82, 2.24) is 10.3 Å². The molecule has 1 unspecified atom stereocenters. The van der Waals surface area contributed by atoms with Gasteiger partial charge in [-0.1, -0.05) is 6.07 Å². The van der Waals surface area contributed by atoms with Gasteiger partial charge in [0, 0.05) is 24.9 Å². The molecule has 1 rings (SSSR count). The van der Waals surface area contributed by atoms with E-state index in [-0.39, 0.29) is 6.04 Å². The van der Waals surface area contributed by atoms with Gasteiger partial charge in [-0.05, 0) is 25.0 Å². The zero-order valence-corrected chi connectivity index (χ0v) is 10.00. The molecule has 100 valence electrons. The summed E-state index contributed by atoms with van der Waals surface area (Å²) in [6.07, 6.45) is -2.05. The fourth-order valence-corrected chi connectivity index (χ4v) is 1.53. The van der Waals surface area contributed by atoms with Crippen molar-refractivity contribution in [2.45, 2.75) is 38.4 Å². The molecule has 1 amide bonds. The molecule has 6 heteroatoms. The van der Waals surface area contributed by atoms with Gasteiger partial charge in [0.1, 0.15) is 0 Å². The molecule has 1 aromatic heterocycles. The zero-order chi connectivity index (χ0) is 13.6. The van der Waals surface area contributed by atoms with Gasteiger partial charge in [0.2, 0.25) is 5.91 Å². The SMILES string of the molecule is CC(Cc1cccnc1)NC(=O)CCC(F)(F)F. The van der Waals surface area contributed by atoms with Gasteiger partial charge in [-0.15, -0.1) is 0 Å². The van der Waals surface area contributed by atoms with Gasteiger partial charge in [0.05, 0.1) is 6.42 Å². The summed E-state index contributed by atoms with van der Waals surface area (Å²) in [5, 5.41) is 2.53. The summed E-state index contributed by atoms with van der Waals surface area (Å²) in [7, 11) is 0. The van der Waals surface area contributed by atoms with E-state index in [1.807, 2.05) is 6.07 Å². The van der Waals surface area contributed by atoms with Crippen LogP contribution < -0.4 is 5.32 Å². The molecule has 0 aliphatic heterocycles. The lowest BCUT2D eigenvalue weighted by atomic mass is 10.1. The summed E-state index contributed by atoms with van der Waals surface area (Å²) in [5.74, 6) is -0.580. The van der Waals surface area contributed by atoms with Gasteiger partial charge < -0.3 is 5.32 Å². The molecule has 1 atom stereocenters. The standard InChI is InChI=1S/C12H15F3N2O/c1-9(7-10-3-2-6-16-8-10)17-11(18)4-5-12(13,14)15/h2-3,6,8-9H,4-5,7H2,1H3,(H,17,18). The molecule has 1 heterocycles. The maximum absolute atomic E-state index is 11.9. The fourth-order valence-electron chi connectivity index (χ4n) is 1.53. The van der Waals surface area contributed by atoms with Crippen LogP contribution in [0.3, 0.4) is 0 Å². The smallest absolute Gasteiger partial charge is 0.353 e. The Kier molecular flexibility index (Phi) is 5.12. The zero-order valence-electron chi connectivity index (χ0n) is 10.00. The molecule has 0 spiro atoms. The molecule has 0 aromatic carbocycles. The highest BCUT2D eigenvalue weighted by molar-refractivity contribution is 5.76. The van der Waals surface area contributed by atoms with Crippen LogP contribution in [0.15, 0.2) is 24.5 Å². The molecule has 0 radical (unpaired) electrons. The maximum Gasteiger partial charge on any atom is 0.389 e. The average Bonchev–Trinajstić information content (AvgIpc) is 2.26. The Balaban J connectivity index is 2.32. The van der Waals surface area contributed by atoms with E-state index in [1.54, 1.807) is 25.4 Å². The van der Waals surface area contributed by atoms with Gasteiger partial charge in [0.15, 0.2) is 0 Å². The van der Waals surface area contributed by atoms with E-state index < -0.39 is 24.9 Å². The normalized spacial score (nSPS) is 13.1. The van der Waals surface area contributed by atoms with E-state index in [9.17, 15) is 18.0 Å². The first-order valence-electron chi connectivity index (χ1n) is 5.62. The number of hydrogen-bond acceptors (Lipinski definition) is 2. The number of carbonyl (C=O) groups is 1. The molecule has 0 aliphatic carbocycles. The number of carbonyl (C=O) groups excluding carboxylic acids is 1. The molecule has 1 N–H and O–H groups in total. The second-order valence-corrected chi connectivity index (χ2v) is 4.15. The van der Waals surface area contributed by atoms with Crippen LogP contribution in [0, 0.1) is 0 Å². The van der Waals surface area contributed by atoms with Gasteiger partial charge in [-0.3, -0.25) is 9.78 Å². The van der Waals surface area contributed by atoms with Crippen LogP contribution in [-0.2, 0) is 11.2 Å². The molecular formula is C12H15F3N2O. The summed E-state index contributed by atoms with van der Waals surface area (Å²) in [6, 6.07) is 3.41. The molecule has 0 aliphatic rings. The number of hydrogen-bond donors (Lipinski definition) is 1. The molecule has 18 heavy (non-hydrogen) atoms. The topological polar surface area (TPSA) is 42.0 Å². The van der Waals surface area contributed by atoms with Crippen LogP contribution in [0.1, 0.15) is 25.3 Å². The minimum atomic E-state index is -4.29. The third kappa shape index (κ3) is 6.22. The lowest BCUT2D eigenvalue weighted by Gasteiger charge is -2.14. The minimum Gasteiger partial charge on any atom is -0.353 e. The van der Waals surface area contributed by atoms with E-state index in [0.717, 1.165) is 5.56 Å². The van der Waals surface area contributed by atoms with E-state index in [4.69, 9.17) is 0 Å². The monoisotopic (exact) mass is 260 g/mol. The number of halogens is 3. The first-order chi connectivity index (χ1) is 8.37. The Morgan fingerprint density at radius 1 is 1.50 bits per heavy atom. The summed E-state index contributed by atoms with van der Waals surface area (Å²) in [5.41, 5.74) is 0.932. The number of nitrogens with zero attached hydrogens (tertiary/aromatic N) is 1. The first-order valence-corrected chi connectivity index (χ1v) is 5.62. The van der Waals surface area contributed by atoms with Crippen LogP contribution in [0.25, 0.3) is 0 Å². The fraction of sp³-hybridized carbons (Fsp3) is 0.500. The number of aromatic nitrogens is 1. The largest absolute Gasteiger partial charge is 0.389 e. The van der Waals surface area contributed by atoms with Crippen molar-refractivity contribution in [3.63, 3.8) is 0 Å². The predicted octanol–water partition coefficient (Wildman–Crippen LogP) is 2.47. The second-order valence-electron chi connectivity index (χ2n) is 4.15. The van der Waals surface area contributed by atoms with E-state index in [1.165, 1.54) is 0 Å². The maximum atomic E-state index is 11.9. The minimum absolute atomic E-state index is 0.213. The van der Waals surface area contributed by atoms with Crippen LogP contribution in [0.4, 0.5) is 13.2 Å². The third-order valence-corrected chi connectivity index (χ3v) is 2.31. The van der Waals surface area contributed by atoms with Gasteiger partial charge >= 0.3 is 6.18 Å². The van der Waals surface area contributed by atoms with Gasteiger partial charge in [-0.2, -0.15) is 13.2 Å². The highest BCUT2D eigenvalue weighted by atomic mass is 19.4. The Labute approximate surface area is 103 Å². The molecule has 0 bridgehead atoms. The number of nitrogens with one attached hydrogen (secondary N) is 1. The van der Waals surface area contributed by atoms with Crippen molar-refractivity contribution in [3.8, 4) is 0 Å². The summed E-state index contributed by atoms with van der Waals surface area (Å²) < 4.78 is 35.7. The summed E-state index contributed by atoms with van der Waals surface area (Å²) in [4.78, 5) is 15.2. The van der Waals surface area contributed by atoms with Gasteiger partial charge in [-0.25, -0.2) is 0 Å². The lowest BCUT2D eigenvalue weighted by molar-refractivity contribution is -0.144. The molecule has 1 aromatic rings. The number of pyridine rings is 1. The highest BCUT2D eigenvalue weighted by Gasteiger charge is 2.28. The highest BCUT2D eigenvalue weighted by Crippen LogP contribution is 2.21.